The maximum atomic E-state index is 12.5. The summed E-state index contributed by atoms with van der Waals surface area (Å²) in [5, 5.41) is 0. The number of piperazine rings is 1. The van der Waals surface area contributed by atoms with E-state index in [2.05, 4.69) is 9.80 Å². The second kappa shape index (κ2) is 8.63. The van der Waals surface area contributed by atoms with Crippen LogP contribution in [-0.2, 0) is 0 Å². The average Bonchev–Trinajstić information content (AvgIpc) is 3.00. The van der Waals surface area contributed by atoms with Crippen LogP contribution in [0.15, 0.2) is 48.5 Å². The van der Waals surface area contributed by atoms with Crippen LogP contribution in [0.1, 0.15) is 20.7 Å². The Kier molecular flexibility index (Phi) is 5.78. The monoisotopic (exact) mass is 395 g/mol. The van der Waals surface area contributed by atoms with Gasteiger partial charge in [0.2, 0.25) is 0 Å². The summed E-state index contributed by atoms with van der Waals surface area (Å²) >= 11 is 0. The number of ether oxygens (including phenoxy) is 2. The Morgan fingerprint density at radius 1 is 0.793 bits per heavy atom. The van der Waals surface area contributed by atoms with Crippen molar-refractivity contribution in [3.05, 3.63) is 59.7 Å². The zero-order chi connectivity index (χ0) is 20.2. The molecule has 0 spiro atoms. The van der Waals surface area contributed by atoms with E-state index in [1.165, 1.54) is 4.90 Å². The molecule has 0 unspecified atom stereocenters. The molecule has 2 aliphatic rings. The van der Waals surface area contributed by atoms with Gasteiger partial charge in [-0.15, -0.1) is 0 Å². The van der Waals surface area contributed by atoms with Crippen LogP contribution < -0.4 is 9.47 Å². The van der Waals surface area contributed by atoms with Crippen LogP contribution in [0.25, 0.3) is 0 Å². The number of carbonyl (C=O) groups excluding carboxylic acids is 2. The summed E-state index contributed by atoms with van der Waals surface area (Å²) in [5.74, 6) is 1.25. The van der Waals surface area contributed by atoms with E-state index in [1.807, 2.05) is 24.3 Å². The predicted octanol–water partition coefficient (Wildman–Crippen LogP) is 1.95. The smallest absolute Gasteiger partial charge is 0.262 e. The first-order chi connectivity index (χ1) is 14.2. The van der Waals surface area contributed by atoms with Gasteiger partial charge in [-0.25, -0.2) is 0 Å². The lowest BCUT2D eigenvalue weighted by Gasteiger charge is -2.36. The second-order valence-corrected chi connectivity index (χ2v) is 7.21. The molecule has 7 nitrogen and oxygen atoms in total. The molecule has 0 bridgehead atoms. The van der Waals surface area contributed by atoms with E-state index in [-0.39, 0.29) is 11.8 Å². The maximum absolute atomic E-state index is 12.5. The van der Waals surface area contributed by atoms with Crippen molar-refractivity contribution in [2.24, 2.45) is 0 Å². The summed E-state index contributed by atoms with van der Waals surface area (Å²) in [6, 6.07) is 14.6. The maximum Gasteiger partial charge on any atom is 0.262 e. The minimum atomic E-state index is -0.194. The molecule has 1 fully saturated rings. The molecule has 7 heteroatoms. The summed E-state index contributed by atoms with van der Waals surface area (Å²) in [4.78, 5) is 30.9. The fraction of sp³-hybridized carbons (Fsp3) is 0.364. The highest BCUT2D eigenvalue weighted by molar-refractivity contribution is 6.21. The van der Waals surface area contributed by atoms with Gasteiger partial charge in [0.1, 0.15) is 18.1 Å². The SMILES string of the molecule is COc1ccc(OCCN2CCN(CN3C(=O)c4ccccc4C3=O)CC2)cc1. The summed E-state index contributed by atoms with van der Waals surface area (Å²) in [6.45, 7) is 5.20. The van der Waals surface area contributed by atoms with Gasteiger partial charge in [0.05, 0.1) is 24.9 Å². The largest absolute Gasteiger partial charge is 0.497 e. The number of hydrogen-bond acceptors (Lipinski definition) is 6. The van der Waals surface area contributed by atoms with Crippen molar-refractivity contribution < 1.29 is 19.1 Å². The Labute approximate surface area is 170 Å². The van der Waals surface area contributed by atoms with Gasteiger partial charge >= 0.3 is 0 Å². The normalized spacial score (nSPS) is 17.5. The van der Waals surface area contributed by atoms with Crippen molar-refractivity contribution in [3.8, 4) is 11.5 Å². The molecule has 2 aromatic rings. The van der Waals surface area contributed by atoms with E-state index in [0.29, 0.717) is 24.4 Å². The van der Waals surface area contributed by atoms with Gasteiger partial charge in [0, 0.05) is 32.7 Å². The number of rotatable bonds is 7. The van der Waals surface area contributed by atoms with E-state index in [0.717, 1.165) is 44.2 Å². The number of imide groups is 1. The molecule has 2 aromatic carbocycles. The van der Waals surface area contributed by atoms with Crippen molar-refractivity contribution in [1.29, 1.82) is 0 Å². The third-order valence-corrected chi connectivity index (χ3v) is 5.42. The Balaban J connectivity index is 1.21. The van der Waals surface area contributed by atoms with Crippen molar-refractivity contribution in [1.82, 2.24) is 14.7 Å². The highest BCUT2D eigenvalue weighted by Gasteiger charge is 2.36. The van der Waals surface area contributed by atoms with Crippen LogP contribution in [0.5, 0.6) is 11.5 Å². The Hall–Kier alpha value is -2.90. The van der Waals surface area contributed by atoms with E-state index in [1.54, 1.807) is 31.4 Å². The molecular weight excluding hydrogens is 370 g/mol. The number of carbonyl (C=O) groups is 2. The van der Waals surface area contributed by atoms with Crippen LogP contribution >= 0.6 is 0 Å². The Morgan fingerprint density at radius 2 is 1.34 bits per heavy atom. The van der Waals surface area contributed by atoms with E-state index < -0.39 is 0 Å². The van der Waals surface area contributed by atoms with Gasteiger partial charge < -0.3 is 9.47 Å². The zero-order valence-electron chi connectivity index (χ0n) is 16.5. The second-order valence-electron chi connectivity index (χ2n) is 7.21. The molecule has 0 atom stereocenters. The van der Waals surface area contributed by atoms with Crippen molar-refractivity contribution in [2.75, 3.05) is 53.1 Å². The number of amides is 2. The highest BCUT2D eigenvalue weighted by atomic mass is 16.5. The van der Waals surface area contributed by atoms with E-state index in [4.69, 9.17) is 9.47 Å². The topological polar surface area (TPSA) is 62.3 Å². The van der Waals surface area contributed by atoms with Crippen molar-refractivity contribution >= 4 is 11.8 Å². The minimum Gasteiger partial charge on any atom is -0.497 e. The molecule has 0 aliphatic carbocycles. The fourth-order valence-corrected chi connectivity index (χ4v) is 3.69. The molecule has 2 aliphatic heterocycles. The molecule has 29 heavy (non-hydrogen) atoms. The molecule has 152 valence electrons. The molecular formula is C22H25N3O4. The van der Waals surface area contributed by atoms with Crippen molar-refractivity contribution in [2.45, 2.75) is 0 Å². The van der Waals surface area contributed by atoms with Gasteiger partial charge in [-0.2, -0.15) is 0 Å². The number of benzene rings is 2. The van der Waals surface area contributed by atoms with Crippen molar-refractivity contribution in [3.63, 3.8) is 0 Å². The van der Waals surface area contributed by atoms with Gasteiger partial charge in [0.25, 0.3) is 11.8 Å². The third-order valence-electron chi connectivity index (χ3n) is 5.42. The minimum absolute atomic E-state index is 0.194. The molecule has 2 heterocycles. The third kappa shape index (κ3) is 4.26. The lowest BCUT2D eigenvalue weighted by atomic mass is 10.1. The first-order valence-electron chi connectivity index (χ1n) is 9.82. The standard InChI is InChI=1S/C22H25N3O4/c1-28-17-6-8-18(9-7-17)29-15-14-23-10-12-24(13-11-23)16-25-21(26)19-4-2-3-5-20(19)22(25)27/h2-9H,10-16H2,1H3. The molecule has 0 radical (unpaired) electrons. The first-order valence-corrected chi connectivity index (χ1v) is 9.82. The predicted molar refractivity (Wildman–Crippen MR) is 108 cm³/mol. The van der Waals surface area contributed by atoms with Crippen LogP contribution in [0.2, 0.25) is 0 Å². The summed E-state index contributed by atoms with van der Waals surface area (Å²) in [7, 11) is 1.64. The van der Waals surface area contributed by atoms with Gasteiger partial charge in [-0.1, -0.05) is 12.1 Å². The Morgan fingerprint density at radius 3 is 1.93 bits per heavy atom. The van der Waals surface area contributed by atoms with Gasteiger partial charge in [-0.05, 0) is 36.4 Å². The first kappa shape index (κ1) is 19.4. The molecule has 4 rings (SSSR count). The number of nitrogens with zero attached hydrogens (tertiary/aromatic N) is 3. The van der Waals surface area contributed by atoms with E-state index in [9.17, 15) is 9.59 Å². The Bertz CT molecular complexity index is 841. The van der Waals surface area contributed by atoms with Crippen LogP contribution in [0.4, 0.5) is 0 Å². The van der Waals surface area contributed by atoms with Crippen LogP contribution in [-0.4, -0.2) is 79.6 Å². The fourth-order valence-electron chi connectivity index (χ4n) is 3.69. The molecule has 0 aromatic heterocycles. The van der Waals surface area contributed by atoms with Crippen LogP contribution in [0, 0.1) is 0 Å². The number of methoxy groups -OCH3 is 1. The van der Waals surface area contributed by atoms with Gasteiger partial charge in [0.15, 0.2) is 0 Å². The van der Waals surface area contributed by atoms with Gasteiger partial charge in [-0.3, -0.25) is 24.3 Å². The summed E-state index contributed by atoms with van der Waals surface area (Å²) in [6.07, 6.45) is 0. The lowest BCUT2D eigenvalue weighted by Crippen LogP contribution is -2.51. The highest BCUT2D eigenvalue weighted by Crippen LogP contribution is 2.23. The zero-order valence-corrected chi connectivity index (χ0v) is 16.5. The number of hydrogen-bond donors (Lipinski definition) is 0. The molecule has 0 saturated carbocycles. The number of fused-ring (bicyclic) bond motifs is 1. The molecule has 1 saturated heterocycles. The van der Waals surface area contributed by atoms with Crippen LogP contribution in [0.3, 0.4) is 0 Å². The molecule has 2 amide bonds. The summed E-state index contributed by atoms with van der Waals surface area (Å²) < 4.78 is 10.9. The quantitative estimate of drug-likeness (QED) is 0.668. The lowest BCUT2D eigenvalue weighted by molar-refractivity contribution is 0.0443. The summed E-state index contributed by atoms with van der Waals surface area (Å²) in [5.41, 5.74) is 1.01. The van der Waals surface area contributed by atoms with E-state index >= 15 is 0 Å². The average molecular weight is 395 g/mol. The molecule has 0 N–H and O–H groups in total.